The lowest BCUT2D eigenvalue weighted by Crippen LogP contribution is -2.21. The van der Waals surface area contributed by atoms with Crippen molar-refractivity contribution in [3.63, 3.8) is 0 Å². The molecule has 0 aromatic heterocycles. The maximum absolute atomic E-state index is 2.52. The second-order valence-electron chi connectivity index (χ2n) is 7.90. The summed E-state index contributed by atoms with van der Waals surface area (Å²) in [5.74, 6) is 2.43. The molecule has 2 atom stereocenters. The highest BCUT2D eigenvalue weighted by molar-refractivity contribution is 5.03. The number of hydrogen-bond donors (Lipinski definition) is 0. The molecule has 0 N–H and O–H groups in total. The SMILES string of the molecule is CCCC(C)(C)C(C)CCC=C(C)C(CC)CC(C)C. The van der Waals surface area contributed by atoms with Crippen LogP contribution in [0.15, 0.2) is 11.6 Å². The molecule has 0 rings (SSSR count). The van der Waals surface area contributed by atoms with Gasteiger partial charge in [0.2, 0.25) is 0 Å². The third-order valence-electron chi connectivity index (χ3n) is 5.19. The van der Waals surface area contributed by atoms with Crippen molar-refractivity contribution in [1.82, 2.24) is 0 Å². The van der Waals surface area contributed by atoms with Gasteiger partial charge in [0.15, 0.2) is 0 Å². The summed E-state index contributed by atoms with van der Waals surface area (Å²) >= 11 is 0. The van der Waals surface area contributed by atoms with E-state index in [4.69, 9.17) is 0 Å². The van der Waals surface area contributed by atoms with Gasteiger partial charge in [0.1, 0.15) is 0 Å². The van der Waals surface area contributed by atoms with E-state index >= 15 is 0 Å². The fourth-order valence-electron chi connectivity index (χ4n) is 3.25. The van der Waals surface area contributed by atoms with Gasteiger partial charge in [-0.25, -0.2) is 0 Å². The van der Waals surface area contributed by atoms with Crippen LogP contribution in [0.2, 0.25) is 0 Å². The first-order chi connectivity index (χ1) is 9.24. The van der Waals surface area contributed by atoms with E-state index in [1.807, 2.05) is 0 Å². The number of rotatable bonds is 10. The molecule has 0 aliphatic rings. The fraction of sp³-hybridized carbons (Fsp3) is 0.900. The van der Waals surface area contributed by atoms with E-state index in [-0.39, 0.29) is 0 Å². The Labute approximate surface area is 129 Å². The molecule has 120 valence electrons. The standard InChI is InChI=1S/C20H40/c1-9-14-20(7,8)18(6)13-11-12-17(5)19(10-2)15-16(3)4/h12,16,18-19H,9-11,13-15H2,1-8H3. The average molecular weight is 281 g/mol. The molecule has 0 aliphatic heterocycles. The monoisotopic (exact) mass is 280 g/mol. The summed E-state index contributed by atoms with van der Waals surface area (Å²) in [5.41, 5.74) is 2.13. The zero-order valence-electron chi connectivity index (χ0n) is 15.6. The van der Waals surface area contributed by atoms with Crippen molar-refractivity contribution >= 4 is 0 Å². The van der Waals surface area contributed by atoms with Crippen molar-refractivity contribution < 1.29 is 0 Å². The van der Waals surface area contributed by atoms with Gasteiger partial charge < -0.3 is 0 Å². The summed E-state index contributed by atoms with van der Waals surface area (Å²) in [6, 6.07) is 0. The highest BCUT2D eigenvalue weighted by Gasteiger charge is 2.23. The molecule has 0 aliphatic carbocycles. The van der Waals surface area contributed by atoms with Gasteiger partial charge in [-0.15, -0.1) is 0 Å². The quantitative estimate of drug-likeness (QED) is 0.370. The van der Waals surface area contributed by atoms with Gasteiger partial charge in [0, 0.05) is 0 Å². The van der Waals surface area contributed by atoms with Gasteiger partial charge in [-0.05, 0) is 62.2 Å². The van der Waals surface area contributed by atoms with Crippen LogP contribution in [0.25, 0.3) is 0 Å². The molecule has 20 heavy (non-hydrogen) atoms. The first-order valence-corrected chi connectivity index (χ1v) is 8.91. The molecule has 0 nitrogen and oxygen atoms in total. The minimum Gasteiger partial charge on any atom is -0.0853 e. The van der Waals surface area contributed by atoms with E-state index in [1.165, 1.54) is 38.5 Å². The van der Waals surface area contributed by atoms with Crippen molar-refractivity contribution in [2.75, 3.05) is 0 Å². The number of hydrogen-bond acceptors (Lipinski definition) is 0. The van der Waals surface area contributed by atoms with Crippen LogP contribution < -0.4 is 0 Å². The second kappa shape index (κ2) is 9.64. The van der Waals surface area contributed by atoms with E-state index in [0.29, 0.717) is 5.41 Å². The molecule has 0 saturated heterocycles. The molecule has 0 heteroatoms. The summed E-state index contributed by atoms with van der Waals surface area (Å²) < 4.78 is 0. The molecule has 0 aromatic rings. The predicted molar refractivity (Wildman–Crippen MR) is 94.1 cm³/mol. The van der Waals surface area contributed by atoms with E-state index in [1.54, 1.807) is 5.57 Å². The van der Waals surface area contributed by atoms with Crippen molar-refractivity contribution in [3.05, 3.63) is 11.6 Å². The van der Waals surface area contributed by atoms with Crippen molar-refractivity contribution in [2.45, 2.75) is 93.9 Å². The molecule has 0 spiro atoms. The zero-order valence-corrected chi connectivity index (χ0v) is 15.6. The smallest absolute Gasteiger partial charge is 0.0206 e. The molecule has 0 amide bonds. The normalized spacial score (nSPS) is 16.6. The molecule has 0 saturated carbocycles. The van der Waals surface area contributed by atoms with Crippen molar-refractivity contribution in [1.29, 1.82) is 0 Å². The Morgan fingerprint density at radius 3 is 2.15 bits per heavy atom. The molecule has 0 radical (unpaired) electrons. The van der Waals surface area contributed by atoms with Gasteiger partial charge in [0.05, 0.1) is 0 Å². The summed E-state index contributed by atoms with van der Waals surface area (Å²) in [7, 11) is 0. The van der Waals surface area contributed by atoms with Crippen LogP contribution in [0.4, 0.5) is 0 Å². The van der Waals surface area contributed by atoms with E-state index in [2.05, 4.69) is 61.5 Å². The van der Waals surface area contributed by atoms with Gasteiger partial charge in [-0.2, -0.15) is 0 Å². The largest absolute Gasteiger partial charge is 0.0853 e. The van der Waals surface area contributed by atoms with Crippen LogP contribution in [0.1, 0.15) is 93.9 Å². The second-order valence-corrected chi connectivity index (χ2v) is 7.90. The lowest BCUT2D eigenvalue weighted by atomic mass is 9.74. The first-order valence-electron chi connectivity index (χ1n) is 8.91. The Morgan fingerprint density at radius 1 is 1.10 bits per heavy atom. The van der Waals surface area contributed by atoms with Crippen LogP contribution in [0, 0.1) is 23.2 Å². The number of allylic oxidation sites excluding steroid dienone is 2. The Bertz CT molecular complexity index is 270. The molecule has 2 unspecified atom stereocenters. The third kappa shape index (κ3) is 7.50. The van der Waals surface area contributed by atoms with E-state index in [0.717, 1.165) is 17.8 Å². The van der Waals surface area contributed by atoms with Crippen LogP contribution in [0.5, 0.6) is 0 Å². The Hall–Kier alpha value is -0.260. The van der Waals surface area contributed by atoms with Crippen molar-refractivity contribution in [3.8, 4) is 0 Å². The van der Waals surface area contributed by atoms with Crippen LogP contribution in [-0.4, -0.2) is 0 Å². The van der Waals surface area contributed by atoms with Crippen LogP contribution in [0.3, 0.4) is 0 Å². The zero-order chi connectivity index (χ0) is 15.8. The van der Waals surface area contributed by atoms with E-state index in [9.17, 15) is 0 Å². The third-order valence-corrected chi connectivity index (χ3v) is 5.19. The van der Waals surface area contributed by atoms with Crippen LogP contribution in [-0.2, 0) is 0 Å². The topological polar surface area (TPSA) is 0 Å². The first kappa shape index (κ1) is 19.7. The highest BCUT2D eigenvalue weighted by Crippen LogP contribution is 2.35. The average Bonchev–Trinajstić information content (AvgIpc) is 2.35. The molecular weight excluding hydrogens is 240 g/mol. The Balaban J connectivity index is 4.34. The Kier molecular flexibility index (Phi) is 9.51. The summed E-state index contributed by atoms with van der Waals surface area (Å²) in [4.78, 5) is 0. The molecule has 0 heterocycles. The summed E-state index contributed by atoms with van der Waals surface area (Å²) in [5, 5.41) is 0. The van der Waals surface area contributed by atoms with Gasteiger partial charge in [-0.3, -0.25) is 0 Å². The molecule has 0 fully saturated rings. The minimum absolute atomic E-state index is 0.499. The fourth-order valence-corrected chi connectivity index (χ4v) is 3.25. The maximum atomic E-state index is 2.52. The molecular formula is C20H40. The van der Waals surface area contributed by atoms with Gasteiger partial charge in [0.25, 0.3) is 0 Å². The Morgan fingerprint density at radius 2 is 1.70 bits per heavy atom. The summed E-state index contributed by atoms with van der Waals surface area (Å²) in [6.45, 7) is 19.0. The van der Waals surface area contributed by atoms with Crippen LogP contribution >= 0.6 is 0 Å². The lowest BCUT2D eigenvalue weighted by Gasteiger charge is -2.31. The van der Waals surface area contributed by atoms with Gasteiger partial charge in [-0.1, -0.05) is 66.5 Å². The molecule has 0 aromatic carbocycles. The lowest BCUT2D eigenvalue weighted by molar-refractivity contribution is 0.199. The minimum atomic E-state index is 0.499. The maximum Gasteiger partial charge on any atom is -0.0206 e. The van der Waals surface area contributed by atoms with Crippen molar-refractivity contribution in [2.24, 2.45) is 23.2 Å². The summed E-state index contributed by atoms with van der Waals surface area (Å²) in [6.07, 6.45) is 10.4. The highest BCUT2D eigenvalue weighted by atomic mass is 14.3. The predicted octanol–water partition coefficient (Wildman–Crippen LogP) is 7.25. The molecule has 0 bridgehead atoms. The van der Waals surface area contributed by atoms with Gasteiger partial charge >= 0.3 is 0 Å². The van der Waals surface area contributed by atoms with E-state index < -0.39 is 0 Å².